The van der Waals surface area contributed by atoms with Gasteiger partial charge >= 0.3 is 0 Å². The monoisotopic (exact) mass is 584 g/mol. The molecule has 0 saturated carbocycles. The van der Waals surface area contributed by atoms with E-state index in [4.69, 9.17) is 4.98 Å². The van der Waals surface area contributed by atoms with Gasteiger partial charge in [-0.2, -0.15) is 5.26 Å². The Kier molecular flexibility index (Phi) is 6.91. The van der Waals surface area contributed by atoms with Gasteiger partial charge in [-0.05, 0) is 74.2 Å². The van der Waals surface area contributed by atoms with Gasteiger partial charge in [-0.1, -0.05) is 146 Å². The quantitative estimate of drug-likeness (QED) is 0.189. The summed E-state index contributed by atoms with van der Waals surface area (Å²) in [6.07, 6.45) is 0. The van der Waals surface area contributed by atoms with Crippen molar-refractivity contribution < 1.29 is 0 Å². The molecular formula is C44H28N2. The van der Waals surface area contributed by atoms with Crippen molar-refractivity contribution in [2.75, 3.05) is 0 Å². The molecule has 0 atom stereocenters. The molecule has 2 heteroatoms. The van der Waals surface area contributed by atoms with E-state index in [0.29, 0.717) is 5.56 Å². The molecular weight excluding hydrogens is 556 g/mol. The minimum absolute atomic E-state index is 0.634. The first-order chi connectivity index (χ1) is 22.7. The van der Waals surface area contributed by atoms with Gasteiger partial charge in [-0.25, -0.2) is 4.98 Å². The van der Waals surface area contributed by atoms with Crippen molar-refractivity contribution in [2.45, 2.75) is 0 Å². The average Bonchev–Trinajstić information content (AvgIpc) is 3.15. The van der Waals surface area contributed by atoms with Crippen LogP contribution in [0.4, 0.5) is 0 Å². The van der Waals surface area contributed by atoms with E-state index in [-0.39, 0.29) is 0 Å². The van der Waals surface area contributed by atoms with Crippen molar-refractivity contribution in [3.63, 3.8) is 0 Å². The van der Waals surface area contributed by atoms with Crippen LogP contribution < -0.4 is 0 Å². The third-order valence-electron chi connectivity index (χ3n) is 8.74. The first-order valence-corrected chi connectivity index (χ1v) is 15.4. The minimum atomic E-state index is 0.634. The summed E-state index contributed by atoms with van der Waals surface area (Å²) in [4.78, 5) is 5.29. The van der Waals surface area contributed by atoms with E-state index in [1.807, 2.05) is 36.4 Å². The lowest BCUT2D eigenvalue weighted by Crippen LogP contribution is -1.93. The molecule has 8 aromatic rings. The molecule has 0 amide bonds. The Morgan fingerprint density at radius 1 is 0.370 bits per heavy atom. The van der Waals surface area contributed by atoms with Crippen molar-refractivity contribution in [3.8, 4) is 61.8 Å². The maximum atomic E-state index is 9.38. The number of fused-ring (bicyclic) bond motifs is 3. The molecule has 46 heavy (non-hydrogen) atoms. The lowest BCUT2D eigenvalue weighted by molar-refractivity contribution is 1.40. The molecule has 0 radical (unpaired) electrons. The van der Waals surface area contributed by atoms with Crippen molar-refractivity contribution in [3.05, 3.63) is 175 Å². The third-order valence-corrected chi connectivity index (χ3v) is 8.74. The molecule has 1 aromatic heterocycles. The van der Waals surface area contributed by atoms with Crippen LogP contribution in [-0.4, -0.2) is 4.98 Å². The van der Waals surface area contributed by atoms with Crippen LogP contribution in [0.25, 0.3) is 77.4 Å². The Morgan fingerprint density at radius 3 is 1.35 bits per heavy atom. The van der Waals surface area contributed by atoms with Gasteiger partial charge in [0.05, 0.1) is 22.8 Å². The smallest absolute Gasteiger partial charge is 0.0991 e. The molecule has 8 rings (SSSR count). The van der Waals surface area contributed by atoms with E-state index in [1.165, 1.54) is 33.4 Å². The van der Waals surface area contributed by atoms with Crippen molar-refractivity contribution in [1.29, 1.82) is 5.26 Å². The number of pyridine rings is 1. The number of rotatable bonds is 5. The summed E-state index contributed by atoms with van der Waals surface area (Å²) < 4.78 is 0. The van der Waals surface area contributed by atoms with E-state index in [9.17, 15) is 5.26 Å². The van der Waals surface area contributed by atoms with E-state index < -0.39 is 0 Å². The SMILES string of the molecule is N#Cc1ccc(-c2cc(-c3ccc(-c4ccccc4)cc3)c3cc(-c4ccc(-c5ccccc5)cc4)c4ccccc4c3n2)cc1. The molecule has 0 spiro atoms. The molecule has 0 N–H and O–H groups in total. The van der Waals surface area contributed by atoms with Crippen LogP contribution >= 0.6 is 0 Å². The second-order valence-electron chi connectivity index (χ2n) is 11.5. The Morgan fingerprint density at radius 2 is 0.804 bits per heavy atom. The highest BCUT2D eigenvalue weighted by Crippen LogP contribution is 2.41. The zero-order valence-electron chi connectivity index (χ0n) is 25.1. The number of aromatic nitrogens is 1. The van der Waals surface area contributed by atoms with Crippen LogP contribution in [0.5, 0.6) is 0 Å². The number of hydrogen-bond donors (Lipinski definition) is 0. The first-order valence-electron chi connectivity index (χ1n) is 15.4. The zero-order chi connectivity index (χ0) is 30.9. The Bertz CT molecular complexity index is 2370. The number of nitriles is 1. The molecule has 0 aliphatic carbocycles. The number of hydrogen-bond acceptors (Lipinski definition) is 2. The Labute approximate surface area is 268 Å². The van der Waals surface area contributed by atoms with Gasteiger partial charge in [0.2, 0.25) is 0 Å². The highest BCUT2D eigenvalue weighted by molar-refractivity contribution is 6.16. The molecule has 0 unspecified atom stereocenters. The van der Waals surface area contributed by atoms with Crippen LogP contribution in [0.2, 0.25) is 0 Å². The second kappa shape index (κ2) is 11.7. The summed E-state index contributed by atoms with van der Waals surface area (Å²) >= 11 is 0. The van der Waals surface area contributed by atoms with Gasteiger partial charge < -0.3 is 0 Å². The van der Waals surface area contributed by atoms with E-state index in [1.54, 1.807) is 0 Å². The summed E-state index contributed by atoms with van der Waals surface area (Å²) in [5, 5.41) is 12.8. The molecule has 0 aliphatic heterocycles. The number of nitrogens with zero attached hydrogens (tertiary/aromatic N) is 2. The van der Waals surface area contributed by atoms with Crippen LogP contribution in [0.1, 0.15) is 5.56 Å². The van der Waals surface area contributed by atoms with E-state index in [2.05, 4.69) is 140 Å². The highest BCUT2D eigenvalue weighted by atomic mass is 14.7. The molecule has 0 aliphatic rings. The number of benzene rings is 7. The van der Waals surface area contributed by atoms with Gasteiger partial charge in [0.15, 0.2) is 0 Å². The standard InChI is InChI=1S/C44H28N2/c45-29-30-15-17-37(18-16-30)43-28-41(36-25-21-34(22-26-36)32-11-5-2-6-12-32)42-27-40(38-13-7-8-14-39(38)44(42)46-43)35-23-19-33(20-24-35)31-9-3-1-4-10-31/h1-28H. The minimum Gasteiger partial charge on any atom is -0.247 e. The fraction of sp³-hybridized carbons (Fsp3) is 0. The normalized spacial score (nSPS) is 11.0. The summed E-state index contributed by atoms with van der Waals surface area (Å²) in [5.74, 6) is 0. The van der Waals surface area contributed by atoms with Gasteiger partial charge in [-0.15, -0.1) is 0 Å². The molecule has 0 bridgehead atoms. The summed E-state index contributed by atoms with van der Waals surface area (Å²) in [6, 6.07) is 61.6. The third kappa shape index (κ3) is 5.01. The summed E-state index contributed by atoms with van der Waals surface area (Å²) in [7, 11) is 0. The summed E-state index contributed by atoms with van der Waals surface area (Å²) in [6.45, 7) is 0. The van der Waals surface area contributed by atoms with Crippen molar-refractivity contribution in [1.82, 2.24) is 4.98 Å². The van der Waals surface area contributed by atoms with Crippen LogP contribution in [-0.2, 0) is 0 Å². The van der Waals surface area contributed by atoms with Crippen molar-refractivity contribution in [2.24, 2.45) is 0 Å². The largest absolute Gasteiger partial charge is 0.247 e. The molecule has 2 nitrogen and oxygen atoms in total. The molecule has 1 heterocycles. The van der Waals surface area contributed by atoms with E-state index in [0.717, 1.165) is 44.1 Å². The fourth-order valence-corrected chi connectivity index (χ4v) is 6.34. The van der Waals surface area contributed by atoms with Gasteiger partial charge in [0.1, 0.15) is 0 Å². The second-order valence-corrected chi connectivity index (χ2v) is 11.5. The van der Waals surface area contributed by atoms with Crippen LogP contribution in [0.3, 0.4) is 0 Å². The van der Waals surface area contributed by atoms with Gasteiger partial charge in [-0.3, -0.25) is 0 Å². The maximum Gasteiger partial charge on any atom is 0.0991 e. The predicted molar refractivity (Wildman–Crippen MR) is 191 cm³/mol. The average molecular weight is 585 g/mol. The topological polar surface area (TPSA) is 36.7 Å². The predicted octanol–water partition coefficient (Wildman–Crippen LogP) is 11.6. The Balaban J connectivity index is 1.35. The van der Waals surface area contributed by atoms with Crippen molar-refractivity contribution >= 4 is 21.7 Å². The first kappa shape index (κ1) is 27.3. The zero-order valence-corrected chi connectivity index (χ0v) is 25.1. The molecule has 0 fully saturated rings. The molecule has 7 aromatic carbocycles. The fourth-order valence-electron chi connectivity index (χ4n) is 6.34. The van der Waals surface area contributed by atoms with Crippen LogP contribution in [0, 0.1) is 11.3 Å². The van der Waals surface area contributed by atoms with E-state index >= 15 is 0 Å². The van der Waals surface area contributed by atoms with Gasteiger partial charge in [0.25, 0.3) is 0 Å². The molecule has 0 saturated heterocycles. The Hall–Kier alpha value is -6.30. The summed E-state index contributed by atoms with van der Waals surface area (Å²) in [5.41, 5.74) is 12.8. The lowest BCUT2D eigenvalue weighted by Gasteiger charge is -2.16. The maximum absolute atomic E-state index is 9.38. The van der Waals surface area contributed by atoms with Gasteiger partial charge in [0, 0.05) is 16.3 Å². The lowest BCUT2D eigenvalue weighted by atomic mass is 9.90. The van der Waals surface area contributed by atoms with Crippen LogP contribution in [0.15, 0.2) is 170 Å². The molecule has 214 valence electrons. The highest BCUT2D eigenvalue weighted by Gasteiger charge is 2.16.